The molecule has 0 spiro atoms. The van der Waals surface area contributed by atoms with Crippen molar-refractivity contribution in [2.75, 3.05) is 0 Å². The van der Waals surface area contributed by atoms with E-state index in [2.05, 4.69) is 5.10 Å². The van der Waals surface area contributed by atoms with Crippen molar-refractivity contribution in [1.29, 1.82) is 0 Å². The van der Waals surface area contributed by atoms with Gasteiger partial charge in [-0.2, -0.15) is 0 Å². The lowest BCUT2D eigenvalue weighted by molar-refractivity contribution is -0.148. The van der Waals surface area contributed by atoms with Crippen LogP contribution in [0.15, 0.2) is 21.7 Å². The third kappa shape index (κ3) is 1.46. The summed E-state index contributed by atoms with van der Waals surface area (Å²) < 4.78 is 0.963. The molecule has 0 aliphatic heterocycles. The van der Waals surface area contributed by atoms with E-state index < -0.39 is 22.6 Å². The monoisotopic (exact) mass is 224 g/mol. The fourth-order valence-electron chi connectivity index (χ4n) is 2.24. The molecule has 86 valence electrons. The second-order valence-corrected chi connectivity index (χ2v) is 4.03. The van der Waals surface area contributed by atoms with Crippen LogP contribution in [0.5, 0.6) is 0 Å². The zero-order valence-corrected chi connectivity index (χ0v) is 8.60. The highest BCUT2D eigenvalue weighted by Crippen LogP contribution is 2.34. The molecule has 16 heavy (non-hydrogen) atoms. The van der Waals surface area contributed by atoms with E-state index in [0.717, 1.165) is 29.7 Å². The number of aromatic amines is 1. The van der Waals surface area contributed by atoms with Crippen LogP contribution in [-0.4, -0.2) is 20.9 Å². The van der Waals surface area contributed by atoms with E-state index >= 15 is 0 Å². The molecule has 2 N–H and O–H groups in total. The van der Waals surface area contributed by atoms with Gasteiger partial charge in [0, 0.05) is 12.1 Å². The Labute approximate surface area is 90.5 Å². The maximum absolute atomic E-state index is 11.6. The van der Waals surface area contributed by atoms with Crippen molar-refractivity contribution >= 4 is 5.97 Å². The first-order valence-corrected chi connectivity index (χ1v) is 5.12. The van der Waals surface area contributed by atoms with E-state index in [0.29, 0.717) is 12.8 Å². The Morgan fingerprint density at radius 2 is 1.94 bits per heavy atom. The predicted molar refractivity (Wildman–Crippen MR) is 55.4 cm³/mol. The van der Waals surface area contributed by atoms with Gasteiger partial charge in [0.05, 0.1) is 0 Å². The normalized spacial score (nSPS) is 18.5. The maximum Gasteiger partial charge on any atom is 0.331 e. The minimum Gasteiger partial charge on any atom is -0.479 e. The summed E-state index contributed by atoms with van der Waals surface area (Å²) in [6, 6.07) is 2.20. The Hall–Kier alpha value is -1.85. The molecule has 6 nitrogen and oxygen atoms in total. The molecule has 1 aliphatic rings. The van der Waals surface area contributed by atoms with Gasteiger partial charge in [0.15, 0.2) is 5.54 Å². The number of nitrogens with zero attached hydrogens (tertiary/aromatic N) is 1. The molecule has 0 aromatic carbocycles. The molecule has 2 rings (SSSR count). The summed E-state index contributed by atoms with van der Waals surface area (Å²) >= 11 is 0. The van der Waals surface area contributed by atoms with Crippen molar-refractivity contribution in [1.82, 2.24) is 9.78 Å². The van der Waals surface area contributed by atoms with E-state index in [4.69, 9.17) is 0 Å². The highest BCUT2D eigenvalue weighted by atomic mass is 16.4. The fraction of sp³-hybridized carbons (Fsp3) is 0.500. The van der Waals surface area contributed by atoms with Crippen LogP contribution in [0.1, 0.15) is 25.7 Å². The van der Waals surface area contributed by atoms with Gasteiger partial charge in [-0.15, -0.1) is 0 Å². The number of nitrogens with one attached hydrogen (secondary N) is 1. The Balaban J connectivity index is 2.64. The van der Waals surface area contributed by atoms with Crippen molar-refractivity contribution in [3.8, 4) is 0 Å². The van der Waals surface area contributed by atoms with E-state index in [1.807, 2.05) is 0 Å². The van der Waals surface area contributed by atoms with Crippen LogP contribution in [0.2, 0.25) is 0 Å². The van der Waals surface area contributed by atoms with Crippen molar-refractivity contribution < 1.29 is 9.90 Å². The van der Waals surface area contributed by atoms with Crippen LogP contribution in [0.4, 0.5) is 0 Å². The number of H-pyrrole nitrogens is 1. The first-order chi connectivity index (χ1) is 7.56. The number of hydrogen-bond acceptors (Lipinski definition) is 3. The number of hydrogen-bond donors (Lipinski definition) is 2. The van der Waals surface area contributed by atoms with Crippen LogP contribution < -0.4 is 11.1 Å². The Bertz CT molecular complexity index is 522. The Morgan fingerprint density at radius 1 is 1.31 bits per heavy atom. The van der Waals surface area contributed by atoms with Gasteiger partial charge in [0.25, 0.3) is 11.1 Å². The highest BCUT2D eigenvalue weighted by molar-refractivity contribution is 5.76. The number of aliphatic carboxylic acids is 1. The number of carbonyl (C=O) groups is 1. The number of carboxylic acids is 1. The van der Waals surface area contributed by atoms with E-state index in [1.54, 1.807) is 0 Å². The Morgan fingerprint density at radius 3 is 2.50 bits per heavy atom. The lowest BCUT2D eigenvalue weighted by Crippen LogP contribution is -2.48. The van der Waals surface area contributed by atoms with Crippen LogP contribution >= 0.6 is 0 Å². The summed E-state index contributed by atoms with van der Waals surface area (Å²) in [5, 5.41) is 11.6. The molecule has 0 unspecified atom stereocenters. The zero-order chi connectivity index (χ0) is 11.8. The number of rotatable bonds is 2. The lowest BCUT2D eigenvalue weighted by atomic mass is 9.98. The molecule has 0 saturated heterocycles. The largest absolute Gasteiger partial charge is 0.479 e. The summed E-state index contributed by atoms with van der Waals surface area (Å²) in [7, 11) is 0. The van der Waals surface area contributed by atoms with Crippen LogP contribution in [0.3, 0.4) is 0 Å². The molecule has 0 bridgehead atoms. The molecule has 0 atom stereocenters. The van der Waals surface area contributed by atoms with Gasteiger partial charge in [0.2, 0.25) is 0 Å². The average molecular weight is 224 g/mol. The molecule has 6 heteroatoms. The summed E-state index contributed by atoms with van der Waals surface area (Å²) in [5.41, 5.74) is -2.21. The van der Waals surface area contributed by atoms with E-state index in [9.17, 15) is 19.5 Å². The van der Waals surface area contributed by atoms with E-state index in [-0.39, 0.29) is 0 Å². The lowest BCUT2D eigenvalue weighted by Gasteiger charge is -2.25. The van der Waals surface area contributed by atoms with Gasteiger partial charge >= 0.3 is 5.97 Å². The summed E-state index contributed by atoms with van der Waals surface area (Å²) in [4.78, 5) is 34.1. The van der Waals surface area contributed by atoms with Crippen molar-refractivity contribution in [3.63, 3.8) is 0 Å². The number of aromatic nitrogens is 2. The smallest absolute Gasteiger partial charge is 0.331 e. The molecular weight excluding hydrogens is 212 g/mol. The molecule has 1 heterocycles. The van der Waals surface area contributed by atoms with Crippen LogP contribution in [-0.2, 0) is 10.3 Å². The molecule has 1 aromatic heterocycles. The quantitative estimate of drug-likeness (QED) is 0.733. The second kappa shape index (κ2) is 3.62. The molecule has 1 aliphatic carbocycles. The van der Waals surface area contributed by atoms with Gasteiger partial charge in [-0.1, -0.05) is 12.8 Å². The highest BCUT2D eigenvalue weighted by Gasteiger charge is 2.44. The van der Waals surface area contributed by atoms with Gasteiger partial charge in [-0.25, -0.2) is 9.48 Å². The van der Waals surface area contributed by atoms with Crippen molar-refractivity contribution in [2.24, 2.45) is 0 Å². The summed E-state index contributed by atoms with van der Waals surface area (Å²) in [5.74, 6) is -1.06. The molecule has 0 radical (unpaired) electrons. The van der Waals surface area contributed by atoms with Crippen LogP contribution in [0.25, 0.3) is 0 Å². The van der Waals surface area contributed by atoms with Gasteiger partial charge in [-0.05, 0) is 12.8 Å². The second-order valence-electron chi connectivity index (χ2n) is 4.03. The van der Waals surface area contributed by atoms with Gasteiger partial charge < -0.3 is 5.11 Å². The van der Waals surface area contributed by atoms with E-state index in [1.165, 1.54) is 0 Å². The average Bonchev–Trinajstić information content (AvgIpc) is 2.71. The first-order valence-electron chi connectivity index (χ1n) is 5.12. The van der Waals surface area contributed by atoms with Gasteiger partial charge in [0.1, 0.15) is 0 Å². The summed E-state index contributed by atoms with van der Waals surface area (Å²) in [6.07, 6.45) is 2.25. The molecule has 0 amide bonds. The standard InChI is InChI=1S/C10H12N2O4/c13-7-3-4-8(14)12(11-7)10(9(15)16)5-1-2-6-10/h3-4H,1-2,5-6H2,(H,11,13)(H,15,16). The third-order valence-electron chi connectivity index (χ3n) is 3.08. The molecule has 1 saturated carbocycles. The minimum absolute atomic E-state index is 0.377. The maximum atomic E-state index is 11.6. The molecule has 1 aromatic rings. The SMILES string of the molecule is O=C(O)C1(n2[nH]c(=O)ccc2=O)CCCC1. The third-order valence-corrected chi connectivity index (χ3v) is 3.08. The van der Waals surface area contributed by atoms with Gasteiger partial charge in [-0.3, -0.25) is 14.7 Å². The van der Waals surface area contributed by atoms with Crippen LogP contribution in [0, 0.1) is 0 Å². The minimum atomic E-state index is -1.27. The zero-order valence-electron chi connectivity index (χ0n) is 8.60. The van der Waals surface area contributed by atoms with Crippen molar-refractivity contribution in [3.05, 3.63) is 32.8 Å². The predicted octanol–water partition coefficient (Wildman–Crippen LogP) is -0.110. The summed E-state index contributed by atoms with van der Waals surface area (Å²) in [6.45, 7) is 0. The van der Waals surface area contributed by atoms with Crippen molar-refractivity contribution in [2.45, 2.75) is 31.2 Å². The molecular formula is C10H12N2O4. The number of carboxylic acid groups (broad SMARTS) is 1. The topological polar surface area (TPSA) is 92.2 Å². The Kier molecular flexibility index (Phi) is 2.41. The molecule has 1 fully saturated rings. The first kappa shape index (κ1) is 10.7. The fourth-order valence-corrected chi connectivity index (χ4v) is 2.24.